The summed E-state index contributed by atoms with van der Waals surface area (Å²) < 4.78 is 53.8. The van der Waals surface area contributed by atoms with Gasteiger partial charge in [0.05, 0.1) is 12.1 Å². The Labute approximate surface area is 169 Å². The minimum Gasteiger partial charge on any atom is -0.476 e. The van der Waals surface area contributed by atoms with Crippen molar-refractivity contribution in [1.82, 2.24) is 15.6 Å². The molecule has 0 aliphatic carbocycles. The lowest BCUT2D eigenvalue weighted by Crippen LogP contribution is -2.40. The Morgan fingerprint density at radius 1 is 1.21 bits per heavy atom. The number of nitrogens with one attached hydrogen (secondary N) is 2. The van der Waals surface area contributed by atoms with Crippen molar-refractivity contribution in [2.75, 3.05) is 53.2 Å². The molecule has 164 valence electrons. The monoisotopic (exact) mass is 418 g/mol. The van der Waals surface area contributed by atoms with Crippen LogP contribution in [0.1, 0.15) is 24.8 Å². The average Bonchev–Trinajstić information content (AvgIpc) is 2.72. The first kappa shape index (κ1) is 23.2. The lowest BCUT2D eigenvalue weighted by molar-refractivity contribution is -0.137. The number of hydrogen-bond donors (Lipinski definition) is 2. The number of rotatable bonds is 10. The summed E-state index contributed by atoms with van der Waals surface area (Å²) in [6.45, 7) is 4.52. The van der Waals surface area contributed by atoms with Crippen LogP contribution >= 0.6 is 0 Å². The van der Waals surface area contributed by atoms with Crippen LogP contribution in [0.5, 0.6) is 5.88 Å². The van der Waals surface area contributed by atoms with Gasteiger partial charge in [-0.25, -0.2) is 4.98 Å². The zero-order valence-corrected chi connectivity index (χ0v) is 16.6. The van der Waals surface area contributed by atoms with E-state index in [-0.39, 0.29) is 12.5 Å². The van der Waals surface area contributed by atoms with Gasteiger partial charge in [-0.1, -0.05) is 0 Å². The van der Waals surface area contributed by atoms with E-state index in [2.05, 4.69) is 20.6 Å². The van der Waals surface area contributed by atoms with Crippen molar-refractivity contribution < 1.29 is 27.4 Å². The molecular formula is C19H29F3N4O3. The lowest BCUT2D eigenvalue weighted by Gasteiger charge is -2.21. The molecule has 0 bridgehead atoms. The number of guanidine groups is 1. The van der Waals surface area contributed by atoms with Crippen molar-refractivity contribution in [3.05, 3.63) is 23.9 Å². The zero-order chi connectivity index (χ0) is 21.0. The van der Waals surface area contributed by atoms with Crippen LogP contribution in [-0.4, -0.2) is 64.1 Å². The van der Waals surface area contributed by atoms with E-state index >= 15 is 0 Å². The van der Waals surface area contributed by atoms with Gasteiger partial charge in [-0.3, -0.25) is 4.99 Å². The van der Waals surface area contributed by atoms with Crippen LogP contribution in [0.2, 0.25) is 0 Å². The Morgan fingerprint density at radius 2 is 1.97 bits per heavy atom. The third kappa shape index (κ3) is 9.31. The topological polar surface area (TPSA) is 77.0 Å². The van der Waals surface area contributed by atoms with Gasteiger partial charge in [-0.05, 0) is 31.2 Å². The maximum Gasteiger partial charge on any atom is 0.417 e. The van der Waals surface area contributed by atoms with Crippen molar-refractivity contribution in [2.45, 2.75) is 25.4 Å². The summed E-state index contributed by atoms with van der Waals surface area (Å²) in [4.78, 5) is 7.76. The molecule has 2 rings (SSSR count). The van der Waals surface area contributed by atoms with Crippen molar-refractivity contribution >= 4 is 5.96 Å². The van der Waals surface area contributed by atoms with E-state index in [9.17, 15) is 13.2 Å². The molecule has 0 saturated carbocycles. The largest absolute Gasteiger partial charge is 0.476 e. The summed E-state index contributed by atoms with van der Waals surface area (Å²) in [5.41, 5.74) is -0.802. The summed E-state index contributed by atoms with van der Waals surface area (Å²) in [6, 6.07) is 2.15. The summed E-state index contributed by atoms with van der Waals surface area (Å²) in [6.07, 6.45) is -0.651. The number of ether oxygens (including phenoxy) is 3. The van der Waals surface area contributed by atoms with Crippen LogP contribution in [0.15, 0.2) is 23.3 Å². The first-order valence-corrected chi connectivity index (χ1v) is 9.75. The second kappa shape index (κ2) is 12.5. The first-order chi connectivity index (χ1) is 14.0. The fourth-order valence-electron chi connectivity index (χ4n) is 2.72. The van der Waals surface area contributed by atoms with Gasteiger partial charge in [0.25, 0.3) is 0 Å². The van der Waals surface area contributed by atoms with Gasteiger partial charge >= 0.3 is 6.18 Å². The number of alkyl halides is 3. The Balaban J connectivity index is 1.51. The highest BCUT2D eigenvalue weighted by Gasteiger charge is 2.30. The molecular weight excluding hydrogens is 389 g/mol. The molecule has 2 heterocycles. The third-order valence-electron chi connectivity index (χ3n) is 4.38. The molecule has 1 aliphatic rings. The highest BCUT2D eigenvalue weighted by atomic mass is 19.4. The first-order valence-electron chi connectivity index (χ1n) is 9.75. The van der Waals surface area contributed by atoms with Crippen LogP contribution in [-0.2, 0) is 15.7 Å². The van der Waals surface area contributed by atoms with E-state index in [4.69, 9.17) is 14.2 Å². The van der Waals surface area contributed by atoms with Crippen molar-refractivity contribution in [2.24, 2.45) is 10.9 Å². The van der Waals surface area contributed by atoms with E-state index in [1.807, 2.05) is 0 Å². The number of halogens is 3. The van der Waals surface area contributed by atoms with Crippen LogP contribution < -0.4 is 15.4 Å². The molecule has 0 spiro atoms. The molecule has 0 aromatic carbocycles. The number of aromatic nitrogens is 1. The lowest BCUT2D eigenvalue weighted by atomic mass is 10.0. The molecule has 10 heteroatoms. The number of pyridine rings is 1. The molecule has 0 amide bonds. The van der Waals surface area contributed by atoms with Crippen LogP contribution in [0.3, 0.4) is 0 Å². The highest BCUT2D eigenvalue weighted by Crippen LogP contribution is 2.29. The fourth-order valence-corrected chi connectivity index (χ4v) is 2.72. The van der Waals surface area contributed by atoms with E-state index < -0.39 is 11.7 Å². The molecule has 0 unspecified atom stereocenters. The van der Waals surface area contributed by atoms with Crippen LogP contribution in [0.25, 0.3) is 0 Å². The molecule has 1 aliphatic heterocycles. The molecule has 1 fully saturated rings. The minimum absolute atomic E-state index is 0.143. The van der Waals surface area contributed by atoms with Gasteiger partial charge in [0.2, 0.25) is 5.88 Å². The highest BCUT2D eigenvalue weighted by molar-refractivity contribution is 5.79. The molecule has 7 nitrogen and oxygen atoms in total. The minimum atomic E-state index is -4.40. The van der Waals surface area contributed by atoms with Gasteiger partial charge in [-0.2, -0.15) is 13.2 Å². The van der Waals surface area contributed by atoms with Gasteiger partial charge in [0.1, 0.15) is 6.61 Å². The number of aliphatic imine (C=N–C) groups is 1. The Hall–Kier alpha value is -2.07. The van der Waals surface area contributed by atoms with Gasteiger partial charge in [0.15, 0.2) is 5.96 Å². The van der Waals surface area contributed by atoms with Crippen molar-refractivity contribution in [3.63, 3.8) is 0 Å². The maximum atomic E-state index is 12.5. The summed E-state index contributed by atoms with van der Waals surface area (Å²) >= 11 is 0. The Kier molecular flexibility index (Phi) is 9.99. The second-order valence-electron chi connectivity index (χ2n) is 6.64. The van der Waals surface area contributed by atoms with E-state index in [0.29, 0.717) is 25.0 Å². The smallest absolute Gasteiger partial charge is 0.417 e. The van der Waals surface area contributed by atoms with E-state index in [0.717, 1.165) is 57.9 Å². The third-order valence-corrected chi connectivity index (χ3v) is 4.38. The summed E-state index contributed by atoms with van der Waals surface area (Å²) in [5.74, 6) is 1.37. The molecule has 0 atom stereocenters. The SMILES string of the molecule is CN=C(NCCCOCC1CCOCC1)NCCOc1ccc(C(F)(F)F)cn1. The summed E-state index contributed by atoms with van der Waals surface area (Å²) in [5, 5.41) is 6.24. The quantitative estimate of drug-likeness (QED) is 0.345. The normalized spacial score (nSPS) is 15.9. The predicted molar refractivity (Wildman–Crippen MR) is 103 cm³/mol. The molecule has 29 heavy (non-hydrogen) atoms. The molecule has 1 saturated heterocycles. The standard InChI is InChI=1S/C19H29F3N4O3/c1-23-18(24-7-2-9-28-14-15-5-10-27-11-6-15)25-8-12-29-17-4-3-16(13-26-17)19(20,21)22/h3-4,13,15H,2,5-12,14H2,1H3,(H2,23,24,25). The Bertz CT molecular complexity index is 606. The molecule has 2 N–H and O–H groups in total. The van der Waals surface area contributed by atoms with Crippen LogP contribution in [0.4, 0.5) is 13.2 Å². The summed E-state index contributed by atoms with van der Waals surface area (Å²) in [7, 11) is 1.66. The molecule has 1 aromatic rings. The maximum absolute atomic E-state index is 12.5. The van der Waals surface area contributed by atoms with Crippen molar-refractivity contribution in [3.8, 4) is 5.88 Å². The second-order valence-corrected chi connectivity index (χ2v) is 6.64. The van der Waals surface area contributed by atoms with E-state index in [1.54, 1.807) is 7.05 Å². The number of nitrogens with zero attached hydrogens (tertiary/aromatic N) is 2. The fraction of sp³-hybridized carbons (Fsp3) is 0.684. The van der Waals surface area contributed by atoms with Gasteiger partial charge < -0.3 is 24.8 Å². The zero-order valence-electron chi connectivity index (χ0n) is 16.6. The van der Waals surface area contributed by atoms with Gasteiger partial charge in [-0.15, -0.1) is 0 Å². The van der Waals surface area contributed by atoms with Crippen LogP contribution in [0, 0.1) is 5.92 Å². The number of hydrogen-bond acceptors (Lipinski definition) is 5. The Morgan fingerprint density at radius 3 is 2.62 bits per heavy atom. The molecule has 1 aromatic heterocycles. The average molecular weight is 418 g/mol. The van der Waals surface area contributed by atoms with E-state index in [1.165, 1.54) is 6.07 Å². The molecule has 0 radical (unpaired) electrons. The predicted octanol–water partition coefficient (Wildman–Crippen LogP) is 2.48. The van der Waals surface area contributed by atoms with Crippen molar-refractivity contribution in [1.29, 1.82) is 0 Å². The van der Waals surface area contributed by atoms with Gasteiger partial charge in [0, 0.05) is 52.3 Å².